The Morgan fingerprint density at radius 2 is 1.82 bits per heavy atom. The van der Waals surface area contributed by atoms with E-state index in [0.29, 0.717) is 53.8 Å². The van der Waals surface area contributed by atoms with Gasteiger partial charge in [0.2, 0.25) is 10.0 Å². The van der Waals surface area contributed by atoms with E-state index in [0.717, 1.165) is 5.56 Å². The molecule has 33 heavy (non-hydrogen) atoms. The third-order valence-electron chi connectivity index (χ3n) is 5.51. The van der Waals surface area contributed by atoms with E-state index < -0.39 is 10.0 Å². The lowest BCUT2D eigenvalue weighted by Gasteiger charge is -2.32. The highest BCUT2D eigenvalue weighted by Gasteiger charge is 2.28. The highest BCUT2D eigenvalue weighted by Crippen LogP contribution is 2.30. The van der Waals surface area contributed by atoms with Gasteiger partial charge in [-0.3, -0.25) is 4.79 Å². The van der Waals surface area contributed by atoms with Gasteiger partial charge in [0.25, 0.3) is 5.91 Å². The fourth-order valence-corrected chi connectivity index (χ4v) is 6.05. The molecule has 2 heterocycles. The number of carbonyl (C=O) groups excluding carboxylic acids is 1. The maximum atomic E-state index is 13.0. The number of rotatable bonds is 8. The topological polar surface area (TPSA) is 84.9 Å². The summed E-state index contributed by atoms with van der Waals surface area (Å²) in [5.74, 6) is 0.956. The maximum absolute atomic E-state index is 13.0. The molecular weight excluding hydrogens is 460 g/mol. The van der Waals surface area contributed by atoms with Crippen molar-refractivity contribution in [2.24, 2.45) is 0 Å². The molecule has 0 bridgehead atoms. The number of benzene rings is 2. The van der Waals surface area contributed by atoms with Gasteiger partial charge in [0, 0.05) is 24.7 Å². The lowest BCUT2D eigenvalue weighted by atomic mass is 10.0. The van der Waals surface area contributed by atoms with Crippen molar-refractivity contribution in [2.45, 2.75) is 29.7 Å². The minimum Gasteiger partial charge on any atom is -0.493 e. The van der Waals surface area contributed by atoms with Crippen molar-refractivity contribution in [3.8, 4) is 11.5 Å². The van der Waals surface area contributed by atoms with E-state index in [1.54, 1.807) is 47.7 Å². The number of hydrogen-bond acceptors (Lipinski definition) is 6. The zero-order chi connectivity index (χ0) is 23.3. The highest BCUT2D eigenvalue weighted by molar-refractivity contribution is 7.91. The summed E-state index contributed by atoms with van der Waals surface area (Å²) in [7, 11) is -1.97. The van der Waals surface area contributed by atoms with Gasteiger partial charge in [-0.1, -0.05) is 36.4 Å². The second kappa shape index (κ2) is 10.4. The molecule has 1 aliphatic rings. The number of hydrogen-bond donors (Lipinski definition) is 1. The molecule has 174 valence electrons. The molecule has 3 aromatic rings. The van der Waals surface area contributed by atoms with E-state index in [4.69, 9.17) is 9.47 Å². The molecule has 1 N–H and O–H groups in total. The van der Waals surface area contributed by atoms with Crippen molar-refractivity contribution in [1.82, 2.24) is 9.62 Å². The smallest absolute Gasteiger partial charge is 0.253 e. The molecule has 4 rings (SSSR count). The zero-order valence-electron chi connectivity index (χ0n) is 18.3. The molecule has 1 saturated heterocycles. The minimum absolute atomic E-state index is 0.109. The van der Waals surface area contributed by atoms with Crippen LogP contribution < -0.4 is 14.2 Å². The Morgan fingerprint density at radius 3 is 2.48 bits per heavy atom. The normalized spacial score (nSPS) is 14.8. The maximum Gasteiger partial charge on any atom is 0.253 e. The number of carbonyl (C=O) groups is 1. The van der Waals surface area contributed by atoms with Crippen LogP contribution in [0.3, 0.4) is 0 Å². The molecule has 7 nitrogen and oxygen atoms in total. The molecule has 1 amide bonds. The van der Waals surface area contributed by atoms with Crippen LogP contribution in [0.2, 0.25) is 0 Å². The van der Waals surface area contributed by atoms with Crippen LogP contribution in [0.15, 0.2) is 70.3 Å². The molecule has 1 aliphatic heterocycles. The average molecular weight is 487 g/mol. The number of sulfonamides is 1. The molecule has 0 unspecified atom stereocenters. The van der Waals surface area contributed by atoms with Crippen LogP contribution in [0, 0.1) is 0 Å². The van der Waals surface area contributed by atoms with Crippen LogP contribution in [0.4, 0.5) is 0 Å². The van der Waals surface area contributed by atoms with Crippen molar-refractivity contribution < 1.29 is 22.7 Å². The van der Waals surface area contributed by atoms with E-state index in [2.05, 4.69) is 4.72 Å². The van der Waals surface area contributed by atoms with Crippen molar-refractivity contribution in [2.75, 3.05) is 20.2 Å². The summed E-state index contributed by atoms with van der Waals surface area (Å²) in [6, 6.07) is 18.1. The largest absolute Gasteiger partial charge is 0.493 e. The lowest BCUT2D eigenvalue weighted by molar-refractivity contribution is 0.0711. The highest BCUT2D eigenvalue weighted by atomic mass is 32.2. The molecule has 1 aromatic heterocycles. The minimum atomic E-state index is -3.51. The van der Waals surface area contributed by atoms with Crippen LogP contribution in [-0.4, -0.2) is 45.5 Å². The van der Waals surface area contributed by atoms with E-state index in [-0.39, 0.29) is 11.9 Å². The summed E-state index contributed by atoms with van der Waals surface area (Å²) in [5, 5.41) is 1.74. The second-order valence-electron chi connectivity index (χ2n) is 7.76. The number of methoxy groups -OCH3 is 1. The predicted octanol–water partition coefficient (Wildman–Crippen LogP) is 3.92. The Balaban J connectivity index is 1.35. The van der Waals surface area contributed by atoms with Gasteiger partial charge in [0.15, 0.2) is 11.5 Å². The van der Waals surface area contributed by atoms with Crippen LogP contribution in [-0.2, 0) is 16.6 Å². The standard InChI is InChI=1S/C24H26N2O5S2/c1-30-22-16-19(9-10-21(22)31-17-18-6-3-2-4-7-18)24(27)26-13-11-20(12-14-26)25-33(28,29)23-8-5-15-32-23/h2-10,15-16,20,25H,11-14,17H2,1H3. The number of piperidine rings is 1. The first-order valence-corrected chi connectivity index (χ1v) is 13.0. The molecule has 0 saturated carbocycles. The van der Waals surface area contributed by atoms with Crippen LogP contribution >= 0.6 is 11.3 Å². The van der Waals surface area contributed by atoms with Gasteiger partial charge >= 0.3 is 0 Å². The third kappa shape index (κ3) is 5.73. The van der Waals surface area contributed by atoms with Crippen LogP contribution in [0.1, 0.15) is 28.8 Å². The van der Waals surface area contributed by atoms with Crippen LogP contribution in [0.5, 0.6) is 11.5 Å². The quantitative estimate of drug-likeness (QED) is 0.522. The van der Waals surface area contributed by atoms with Gasteiger partial charge in [0.05, 0.1) is 7.11 Å². The average Bonchev–Trinajstić information content (AvgIpc) is 3.39. The fraction of sp³-hybridized carbons (Fsp3) is 0.292. The summed E-state index contributed by atoms with van der Waals surface area (Å²) >= 11 is 1.19. The Labute approximate surface area is 198 Å². The number of amides is 1. The summed E-state index contributed by atoms with van der Waals surface area (Å²) in [4.78, 5) is 14.8. The lowest BCUT2D eigenvalue weighted by Crippen LogP contribution is -2.46. The molecule has 0 spiro atoms. The number of thiophene rings is 1. The van der Waals surface area contributed by atoms with Gasteiger partial charge in [-0.15, -0.1) is 11.3 Å². The second-order valence-corrected chi connectivity index (χ2v) is 10.6. The van der Waals surface area contributed by atoms with Gasteiger partial charge in [-0.05, 0) is 48.1 Å². The zero-order valence-corrected chi connectivity index (χ0v) is 19.9. The first-order valence-electron chi connectivity index (χ1n) is 10.7. The van der Waals surface area contributed by atoms with Crippen molar-refractivity contribution in [3.05, 3.63) is 77.2 Å². The number of ether oxygens (including phenoxy) is 2. The Morgan fingerprint density at radius 1 is 1.06 bits per heavy atom. The molecule has 0 aliphatic carbocycles. The Hall–Kier alpha value is -2.88. The van der Waals surface area contributed by atoms with Gasteiger partial charge in [0.1, 0.15) is 10.8 Å². The first kappa shape index (κ1) is 23.3. The number of nitrogens with one attached hydrogen (secondary N) is 1. The third-order valence-corrected chi connectivity index (χ3v) is 8.43. The van der Waals surface area contributed by atoms with Gasteiger partial charge in [-0.25, -0.2) is 13.1 Å². The van der Waals surface area contributed by atoms with E-state index in [1.165, 1.54) is 11.3 Å². The van der Waals surface area contributed by atoms with Crippen molar-refractivity contribution >= 4 is 27.3 Å². The SMILES string of the molecule is COc1cc(C(=O)N2CCC(NS(=O)(=O)c3cccs3)CC2)ccc1OCc1ccccc1. The molecule has 0 radical (unpaired) electrons. The first-order chi connectivity index (χ1) is 16.0. The fourth-order valence-electron chi connectivity index (χ4n) is 3.73. The monoisotopic (exact) mass is 486 g/mol. The summed E-state index contributed by atoms with van der Waals surface area (Å²) in [6.45, 7) is 1.36. The molecule has 1 fully saturated rings. The van der Waals surface area contributed by atoms with Gasteiger partial charge < -0.3 is 14.4 Å². The summed E-state index contributed by atoms with van der Waals surface area (Å²) in [6.07, 6.45) is 1.12. The van der Waals surface area contributed by atoms with Gasteiger partial charge in [-0.2, -0.15) is 0 Å². The summed E-state index contributed by atoms with van der Waals surface area (Å²) in [5.41, 5.74) is 1.55. The van der Waals surface area contributed by atoms with Crippen molar-refractivity contribution in [1.29, 1.82) is 0 Å². The van der Waals surface area contributed by atoms with E-state index >= 15 is 0 Å². The Kier molecular flexibility index (Phi) is 7.32. The summed E-state index contributed by atoms with van der Waals surface area (Å²) < 4.78 is 39.3. The van der Waals surface area contributed by atoms with E-state index in [9.17, 15) is 13.2 Å². The molecule has 0 atom stereocenters. The molecule has 2 aromatic carbocycles. The Bertz CT molecular complexity index is 1170. The van der Waals surface area contributed by atoms with Crippen molar-refractivity contribution in [3.63, 3.8) is 0 Å². The number of likely N-dealkylation sites (tertiary alicyclic amines) is 1. The van der Waals surface area contributed by atoms with Crippen LogP contribution in [0.25, 0.3) is 0 Å². The molecular formula is C24H26N2O5S2. The van der Waals surface area contributed by atoms with E-state index in [1.807, 2.05) is 30.3 Å². The predicted molar refractivity (Wildman–Crippen MR) is 127 cm³/mol. The number of nitrogens with zero attached hydrogens (tertiary/aromatic N) is 1. The molecule has 9 heteroatoms.